The summed E-state index contributed by atoms with van der Waals surface area (Å²) in [4.78, 5) is 12.8. The summed E-state index contributed by atoms with van der Waals surface area (Å²) in [7, 11) is 1.63. The first-order valence-corrected chi connectivity index (χ1v) is 9.20. The van der Waals surface area contributed by atoms with Crippen LogP contribution < -0.4 is 4.74 Å². The molecule has 0 bridgehead atoms. The van der Waals surface area contributed by atoms with Gasteiger partial charge in [0.05, 0.1) is 18.0 Å². The zero-order chi connectivity index (χ0) is 18.7. The smallest absolute Gasteiger partial charge is 0.196 e. The van der Waals surface area contributed by atoms with Crippen molar-refractivity contribution in [3.8, 4) is 11.4 Å². The largest absolute Gasteiger partial charge is 0.495 e. The molecule has 3 aromatic rings. The van der Waals surface area contributed by atoms with Crippen LogP contribution in [0.1, 0.15) is 28.4 Å². The summed E-state index contributed by atoms with van der Waals surface area (Å²) in [6.07, 6.45) is 1.63. The summed E-state index contributed by atoms with van der Waals surface area (Å²) < 4.78 is 7.26. The van der Waals surface area contributed by atoms with Crippen LogP contribution in [0.4, 0.5) is 0 Å². The molecule has 0 aliphatic carbocycles. The normalized spacial score (nSPS) is 12.0. The van der Waals surface area contributed by atoms with Crippen LogP contribution in [0.5, 0.6) is 5.75 Å². The molecule has 0 aliphatic heterocycles. The molecule has 0 saturated heterocycles. The second kappa shape index (κ2) is 7.74. The average Bonchev–Trinajstić information content (AvgIpc) is 3.11. The fraction of sp³-hybridized carbons (Fsp3) is 0.250. The molecule has 0 saturated carbocycles. The van der Waals surface area contributed by atoms with Crippen molar-refractivity contribution < 1.29 is 9.53 Å². The number of hydrogen-bond donors (Lipinski definition) is 0. The van der Waals surface area contributed by atoms with Gasteiger partial charge in [0.15, 0.2) is 10.9 Å². The van der Waals surface area contributed by atoms with Crippen LogP contribution in [-0.4, -0.2) is 32.9 Å². The van der Waals surface area contributed by atoms with Gasteiger partial charge in [0.2, 0.25) is 0 Å². The maximum Gasteiger partial charge on any atom is 0.196 e. The minimum atomic E-state index is -0.283. The van der Waals surface area contributed by atoms with Gasteiger partial charge >= 0.3 is 0 Å². The Balaban J connectivity index is 1.84. The Morgan fingerprint density at radius 1 is 1.15 bits per heavy atom. The molecular weight excluding hydrogens is 346 g/mol. The number of methoxy groups -OCH3 is 1. The number of nitrogens with zero attached hydrogens (tertiary/aromatic N) is 3. The van der Waals surface area contributed by atoms with Crippen LogP contribution in [0.15, 0.2) is 53.9 Å². The number of para-hydroxylation sites is 2. The molecule has 0 amide bonds. The third kappa shape index (κ3) is 3.65. The number of Topliss-reactive ketones (excluding diaryl/α,β-unsaturated/α-hetero) is 1. The van der Waals surface area contributed by atoms with Gasteiger partial charge < -0.3 is 4.74 Å². The highest BCUT2D eigenvalue weighted by Crippen LogP contribution is 2.30. The highest BCUT2D eigenvalue weighted by atomic mass is 32.2. The molecule has 0 radical (unpaired) electrons. The number of carbonyl (C=O) groups is 1. The van der Waals surface area contributed by atoms with E-state index in [9.17, 15) is 4.79 Å². The van der Waals surface area contributed by atoms with Crippen molar-refractivity contribution in [1.29, 1.82) is 0 Å². The van der Waals surface area contributed by atoms with Crippen molar-refractivity contribution in [2.45, 2.75) is 31.2 Å². The second-order valence-corrected chi connectivity index (χ2v) is 7.39. The molecule has 26 heavy (non-hydrogen) atoms. The Kier molecular flexibility index (Phi) is 5.42. The molecule has 3 rings (SSSR count). The fourth-order valence-electron chi connectivity index (χ4n) is 2.64. The average molecular weight is 367 g/mol. The van der Waals surface area contributed by atoms with E-state index in [-0.39, 0.29) is 11.0 Å². The number of ether oxygens (including phenoxy) is 1. The lowest BCUT2D eigenvalue weighted by molar-refractivity contribution is 0.0993. The zero-order valence-electron chi connectivity index (χ0n) is 15.3. The van der Waals surface area contributed by atoms with Crippen molar-refractivity contribution in [2.24, 2.45) is 0 Å². The van der Waals surface area contributed by atoms with Gasteiger partial charge in [-0.15, -0.1) is 10.2 Å². The Labute approximate surface area is 157 Å². The summed E-state index contributed by atoms with van der Waals surface area (Å²) in [6.45, 7) is 5.95. The van der Waals surface area contributed by atoms with E-state index >= 15 is 0 Å². The molecule has 1 atom stereocenters. The third-order valence-corrected chi connectivity index (χ3v) is 5.36. The maximum absolute atomic E-state index is 12.8. The molecule has 0 fully saturated rings. The number of rotatable bonds is 6. The monoisotopic (exact) mass is 367 g/mol. The van der Waals surface area contributed by atoms with Crippen molar-refractivity contribution in [3.05, 3.63) is 65.5 Å². The second-order valence-electron chi connectivity index (χ2n) is 6.08. The predicted octanol–water partition coefficient (Wildman–Crippen LogP) is 4.26. The molecule has 134 valence electrons. The molecule has 2 aromatic carbocycles. The van der Waals surface area contributed by atoms with Crippen molar-refractivity contribution in [1.82, 2.24) is 14.8 Å². The molecule has 5 nitrogen and oxygen atoms in total. The van der Waals surface area contributed by atoms with Gasteiger partial charge in [-0.1, -0.05) is 36.0 Å². The molecule has 1 unspecified atom stereocenters. The number of benzene rings is 2. The Morgan fingerprint density at radius 2 is 1.92 bits per heavy atom. The number of ketones is 1. The standard InChI is InChI=1S/C20H21N3O2S/c1-13-9-10-16(11-14(13)2)19(24)15(3)26-20-22-21-12-23(20)17-7-5-6-8-18(17)25-4/h5-12,15H,1-4H3. The molecule has 1 heterocycles. The zero-order valence-corrected chi connectivity index (χ0v) is 16.1. The van der Waals surface area contributed by atoms with E-state index < -0.39 is 0 Å². The summed E-state index contributed by atoms with van der Waals surface area (Å²) in [5, 5.41) is 8.56. The third-order valence-electron chi connectivity index (χ3n) is 4.30. The minimum Gasteiger partial charge on any atom is -0.495 e. The van der Waals surface area contributed by atoms with Crippen LogP contribution in [0.2, 0.25) is 0 Å². The Hall–Kier alpha value is -2.60. The lowest BCUT2D eigenvalue weighted by atomic mass is 10.0. The van der Waals surface area contributed by atoms with Crippen LogP contribution in [-0.2, 0) is 0 Å². The van der Waals surface area contributed by atoms with E-state index in [1.165, 1.54) is 17.3 Å². The SMILES string of the molecule is COc1ccccc1-n1cnnc1SC(C)C(=O)c1ccc(C)c(C)c1. The van der Waals surface area contributed by atoms with Crippen LogP contribution in [0, 0.1) is 13.8 Å². The number of carbonyl (C=O) groups excluding carboxylic acids is 1. The highest BCUT2D eigenvalue weighted by Gasteiger charge is 2.21. The summed E-state index contributed by atoms with van der Waals surface area (Å²) in [6, 6.07) is 13.5. The van der Waals surface area contributed by atoms with E-state index in [1.54, 1.807) is 13.4 Å². The summed E-state index contributed by atoms with van der Waals surface area (Å²) in [5.41, 5.74) is 3.85. The van der Waals surface area contributed by atoms with Gasteiger partial charge in [-0.2, -0.15) is 0 Å². The molecule has 0 aliphatic rings. The molecule has 1 aromatic heterocycles. The van der Waals surface area contributed by atoms with Crippen molar-refractivity contribution >= 4 is 17.5 Å². The molecule has 6 heteroatoms. The van der Waals surface area contributed by atoms with Crippen molar-refractivity contribution in [2.75, 3.05) is 7.11 Å². The van der Waals surface area contributed by atoms with Gasteiger partial charge in [0.1, 0.15) is 12.1 Å². The minimum absolute atomic E-state index is 0.0766. The number of aromatic nitrogens is 3. The van der Waals surface area contributed by atoms with E-state index in [0.717, 1.165) is 22.6 Å². The van der Waals surface area contributed by atoms with Gasteiger partial charge in [0.25, 0.3) is 0 Å². The van der Waals surface area contributed by atoms with E-state index in [4.69, 9.17) is 4.74 Å². The number of thioether (sulfide) groups is 1. The van der Waals surface area contributed by atoms with E-state index in [2.05, 4.69) is 10.2 Å². The quantitative estimate of drug-likeness (QED) is 0.481. The van der Waals surface area contributed by atoms with E-state index in [0.29, 0.717) is 5.16 Å². The molecule has 0 N–H and O–H groups in total. The van der Waals surface area contributed by atoms with Gasteiger partial charge in [-0.25, -0.2) is 0 Å². The Morgan fingerprint density at radius 3 is 2.65 bits per heavy atom. The highest BCUT2D eigenvalue weighted by molar-refractivity contribution is 8.00. The van der Waals surface area contributed by atoms with Gasteiger partial charge in [-0.05, 0) is 50.1 Å². The predicted molar refractivity (Wildman–Crippen MR) is 103 cm³/mol. The molecular formula is C20H21N3O2S. The summed E-state index contributed by atoms with van der Waals surface area (Å²) >= 11 is 1.39. The lowest BCUT2D eigenvalue weighted by Gasteiger charge is -2.13. The molecule has 0 spiro atoms. The number of aryl methyl sites for hydroxylation is 2. The van der Waals surface area contributed by atoms with Crippen molar-refractivity contribution in [3.63, 3.8) is 0 Å². The first-order chi connectivity index (χ1) is 12.5. The van der Waals surface area contributed by atoms with Crippen LogP contribution in [0.25, 0.3) is 5.69 Å². The topological polar surface area (TPSA) is 57.0 Å². The van der Waals surface area contributed by atoms with Crippen LogP contribution >= 0.6 is 11.8 Å². The fourth-order valence-corrected chi connectivity index (χ4v) is 3.55. The van der Waals surface area contributed by atoms with Gasteiger partial charge in [0, 0.05) is 5.56 Å². The van der Waals surface area contributed by atoms with E-state index in [1.807, 2.05) is 67.8 Å². The maximum atomic E-state index is 12.8. The number of hydrogen-bond acceptors (Lipinski definition) is 5. The Bertz CT molecular complexity index is 936. The summed E-state index contributed by atoms with van der Waals surface area (Å²) in [5.74, 6) is 0.801. The lowest BCUT2D eigenvalue weighted by Crippen LogP contribution is -2.15. The first kappa shape index (κ1) is 18.2. The van der Waals surface area contributed by atoms with Crippen LogP contribution in [0.3, 0.4) is 0 Å². The first-order valence-electron chi connectivity index (χ1n) is 8.32. The van der Waals surface area contributed by atoms with Gasteiger partial charge in [-0.3, -0.25) is 9.36 Å².